The molecule has 0 radical (unpaired) electrons. The molecule has 5 rings (SSSR count). The van der Waals surface area contributed by atoms with Gasteiger partial charge in [-0.25, -0.2) is 13.4 Å². The van der Waals surface area contributed by atoms with Gasteiger partial charge in [-0.05, 0) is 70.3 Å². The van der Waals surface area contributed by atoms with Crippen LogP contribution < -0.4 is 20.3 Å². The minimum atomic E-state index is -3.55. The Kier molecular flexibility index (Phi) is 7.12. The molecular formula is C26H32N8O2S2. The van der Waals surface area contributed by atoms with Crippen LogP contribution in [-0.2, 0) is 10.0 Å². The van der Waals surface area contributed by atoms with Gasteiger partial charge in [0.1, 0.15) is 5.52 Å². The van der Waals surface area contributed by atoms with Crippen molar-refractivity contribution in [3.8, 4) is 0 Å². The first-order valence-electron chi connectivity index (χ1n) is 12.4. The molecule has 3 heterocycles. The molecule has 38 heavy (non-hydrogen) atoms. The van der Waals surface area contributed by atoms with Crippen molar-refractivity contribution in [3.63, 3.8) is 0 Å². The van der Waals surface area contributed by atoms with Crippen LogP contribution in [-0.4, -0.2) is 66.2 Å². The Hall–Kier alpha value is -3.48. The summed E-state index contributed by atoms with van der Waals surface area (Å²) in [4.78, 5) is 19.2. The smallest absolute Gasteiger partial charge is 0.237 e. The largest absolute Gasteiger partial charge is 0.369 e. The second-order valence-electron chi connectivity index (χ2n) is 10.3. The minimum Gasteiger partial charge on any atom is -0.369 e. The molecule has 1 aliphatic heterocycles. The Morgan fingerprint density at radius 1 is 0.895 bits per heavy atom. The molecule has 0 amide bonds. The Bertz CT molecular complexity index is 1520. The highest BCUT2D eigenvalue weighted by Crippen LogP contribution is 2.30. The number of rotatable bonds is 7. The van der Waals surface area contributed by atoms with Crippen LogP contribution in [0.4, 0.5) is 34.5 Å². The van der Waals surface area contributed by atoms with E-state index >= 15 is 0 Å². The Morgan fingerprint density at radius 3 is 2.32 bits per heavy atom. The van der Waals surface area contributed by atoms with Crippen molar-refractivity contribution in [2.45, 2.75) is 25.5 Å². The molecule has 3 N–H and O–H groups in total. The van der Waals surface area contributed by atoms with Crippen molar-refractivity contribution in [1.82, 2.24) is 19.9 Å². The SMILES string of the molecule is CN1CCN(c2ccc(Nc3nc(Nc4cccc(NS(=O)(=O)C(C)(C)C)c4)c4ncsc4n3)cc2)CC1. The van der Waals surface area contributed by atoms with Gasteiger partial charge in [-0.2, -0.15) is 9.97 Å². The molecule has 0 unspecified atom stereocenters. The number of nitrogens with one attached hydrogen (secondary N) is 3. The molecule has 0 spiro atoms. The van der Waals surface area contributed by atoms with Crippen molar-refractivity contribution < 1.29 is 8.42 Å². The molecule has 10 nitrogen and oxygen atoms in total. The summed E-state index contributed by atoms with van der Waals surface area (Å²) in [6, 6.07) is 15.4. The van der Waals surface area contributed by atoms with Crippen LogP contribution in [0.1, 0.15) is 20.8 Å². The van der Waals surface area contributed by atoms with Gasteiger partial charge in [0.05, 0.1) is 15.9 Å². The van der Waals surface area contributed by atoms with Crippen molar-refractivity contribution in [2.24, 2.45) is 0 Å². The number of piperazine rings is 1. The Morgan fingerprint density at radius 2 is 1.61 bits per heavy atom. The molecule has 0 atom stereocenters. The lowest BCUT2D eigenvalue weighted by molar-refractivity contribution is 0.313. The fraction of sp³-hybridized carbons (Fsp3) is 0.346. The van der Waals surface area contributed by atoms with Gasteiger partial charge in [-0.1, -0.05) is 6.07 Å². The highest BCUT2D eigenvalue weighted by Gasteiger charge is 2.29. The maximum Gasteiger partial charge on any atom is 0.237 e. The lowest BCUT2D eigenvalue weighted by Crippen LogP contribution is -2.44. The van der Waals surface area contributed by atoms with Crippen molar-refractivity contribution >= 4 is 66.2 Å². The third-order valence-electron chi connectivity index (χ3n) is 6.37. The van der Waals surface area contributed by atoms with Gasteiger partial charge in [0, 0.05) is 43.2 Å². The zero-order valence-electron chi connectivity index (χ0n) is 21.9. The van der Waals surface area contributed by atoms with Gasteiger partial charge >= 0.3 is 0 Å². The van der Waals surface area contributed by atoms with Gasteiger partial charge in [-0.15, -0.1) is 11.3 Å². The summed E-state index contributed by atoms with van der Waals surface area (Å²) in [6.45, 7) is 9.13. The second-order valence-corrected chi connectivity index (χ2v) is 13.6. The fourth-order valence-corrected chi connectivity index (χ4v) is 5.36. The van der Waals surface area contributed by atoms with Gasteiger partial charge in [0.25, 0.3) is 0 Å². The van der Waals surface area contributed by atoms with Crippen LogP contribution in [0.2, 0.25) is 0 Å². The van der Waals surface area contributed by atoms with Crippen molar-refractivity contribution in [3.05, 3.63) is 54.0 Å². The molecule has 1 fully saturated rings. The summed E-state index contributed by atoms with van der Waals surface area (Å²) in [7, 11) is -1.40. The van der Waals surface area contributed by atoms with E-state index in [-0.39, 0.29) is 0 Å². The van der Waals surface area contributed by atoms with E-state index < -0.39 is 14.8 Å². The van der Waals surface area contributed by atoms with Gasteiger partial charge in [0.2, 0.25) is 16.0 Å². The number of likely N-dealkylation sites (N-methyl/N-ethyl adjacent to an activating group) is 1. The average molecular weight is 553 g/mol. The highest BCUT2D eigenvalue weighted by atomic mass is 32.2. The average Bonchev–Trinajstić information content (AvgIpc) is 3.33. The fourth-order valence-electron chi connectivity index (χ4n) is 3.96. The number of sulfonamides is 1. The zero-order valence-corrected chi connectivity index (χ0v) is 23.5. The highest BCUT2D eigenvalue weighted by molar-refractivity contribution is 7.94. The summed E-state index contributed by atoms with van der Waals surface area (Å²) in [5.74, 6) is 0.977. The Balaban J connectivity index is 1.35. The topological polar surface area (TPSA) is 115 Å². The normalized spacial score (nSPS) is 15.0. The molecule has 2 aromatic carbocycles. The molecule has 0 aliphatic carbocycles. The monoisotopic (exact) mass is 552 g/mol. The molecule has 2 aromatic heterocycles. The van der Waals surface area contributed by atoms with E-state index in [4.69, 9.17) is 0 Å². The quantitative estimate of drug-likeness (QED) is 0.295. The summed E-state index contributed by atoms with van der Waals surface area (Å²) >= 11 is 1.43. The Labute approximate surface area is 227 Å². The number of benzene rings is 2. The standard InChI is InChI=1S/C26H32N8O2S2/c1-26(2,3)38(35,36)32-20-7-5-6-19(16-20)28-23-22-24(37-17-27-22)31-25(30-23)29-18-8-10-21(11-9-18)34-14-12-33(4)13-15-34/h5-11,16-17,32H,12-15H2,1-4H3,(H2,28,29,30,31). The van der Waals surface area contributed by atoms with Crippen molar-refractivity contribution in [1.29, 1.82) is 0 Å². The third kappa shape index (κ3) is 5.82. The van der Waals surface area contributed by atoms with E-state index in [1.165, 1.54) is 17.0 Å². The molecule has 0 bridgehead atoms. The summed E-state index contributed by atoms with van der Waals surface area (Å²) in [5, 5.41) is 6.59. The van der Waals surface area contributed by atoms with Crippen LogP contribution >= 0.6 is 11.3 Å². The van der Waals surface area contributed by atoms with E-state index in [0.29, 0.717) is 28.7 Å². The van der Waals surface area contributed by atoms with Gasteiger partial charge in [-0.3, -0.25) is 4.72 Å². The van der Waals surface area contributed by atoms with E-state index in [9.17, 15) is 8.42 Å². The first kappa shape index (κ1) is 26.1. The van der Waals surface area contributed by atoms with Crippen LogP contribution in [0.3, 0.4) is 0 Å². The molecule has 1 saturated heterocycles. The maximum absolute atomic E-state index is 12.6. The van der Waals surface area contributed by atoms with E-state index in [1.54, 1.807) is 44.5 Å². The van der Waals surface area contributed by atoms with E-state index in [0.717, 1.165) is 36.7 Å². The van der Waals surface area contributed by atoms with E-state index in [2.05, 4.69) is 59.3 Å². The summed E-state index contributed by atoms with van der Waals surface area (Å²) < 4.78 is 26.9. The minimum absolute atomic E-state index is 0.446. The van der Waals surface area contributed by atoms with Gasteiger partial charge in [0.15, 0.2) is 10.6 Å². The molecular weight excluding hydrogens is 520 g/mol. The number of hydrogen-bond donors (Lipinski definition) is 3. The molecule has 1 aliphatic rings. The van der Waals surface area contributed by atoms with Crippen LogP contribution in [0, 0.1) is 0 Å². The van der Waals surface area contributed by atoms with Crippen molar-refractivity contribution in [2.75, 3.05) is 53.5 Å². The lowest BCUT2D eigenvalue weighted by Gasteiger charge is -2.34. The van der Waals surface area contributed by atoms with Crippen LogP contribution in [0.15, 0.2) is 54.0 Å². The number of fused-ring (bicyclic) bond motifs is 1. The zero-order chi connectivity index (χ0) is 26.9. The number of anilines is 6. The molecule has 4 aromatic rings. The predicted molar refractivity (Wildman–Crippen MR) is 157 cm³/mol. The third-order valence-corrected chi connectivity index (χ3v) is 9.21. The molecule has 0 saturated carbocycles. The molecule has 12 heteroatoms. The lowest BCUT2D eigenvalue weighted by atomic mass is 10.2. The number of nitrogens with zero attached hydrogens (tertiary/aromatic N) is 5. The summed E-state index contributed by atoms with van der Waals surface area (Å²) in [6.07, 6.45) is 0. The predicted octanol–water partition coefficient (Wildman–Crippen LogP) is 4.87. The van der Waals surface area contributed by atoms with Crippen LogP contribution in [0.25, 0.3) is 10.3 Å². The van der Waals surface area contributed by atoms with E-state index in [1.807, 2.05) is 18.2 Å². The van der Waals surface area contributed by atoms with Gasteiger partial charge < -0.3 is 20.4 Å². The number of thiazole rings is 1. The maximum atomic E-state index is 12.6. The van der Waals surface area contributed by atoms with Crippen LogP contribution in [0.5, 0.6) is 0 Å². The second kappa shape index (κ2) is 10.4. The molecule has 200 valence electrons. The number of hydrogen-bond acceptors (Lipinski definition) is 10. The first-order valence-corrected chi connectivity index (χ1v) is 14.7. The number of aromatic nitrogens is 3. The first-order chi connectivity index (χ1) is 18.1. The summed E-state index contributed by atoms with van der Waals surface area (Å²) in [5.41, 5.74) is 5.60.